The van der Waals surface area contributed by atoms with Gasteiger partial charge in [-0.15, -0.1) is 0 Å². The van der Waals surface area contributed by atoms with Crippen LogP contribution in [-0.4, -0.2) is 60.9 Å². The second-order valence-electron chi connectivity index (χ2n) is 4.96. The molecule has 0 aliphatic carbocycles. The maximum atomic E-state index is 11.1. The Morgan fingerprint density at radius 2 is 2.22 bits per heavy atom. The standard InChI is InChI=1S/C12H19N3O3/c1-13(2)6-8-7-14(3)11-10(18-8)5-9(12(16)17)15(11)4/h5,8H,6-7H2,1-4H3,(H,16,17). The Bertz CT molecular complexity index is 467. The van der Waals surface area contributed by atoms with Gasteiger partial charge in [-0.3, -0.25) is 0 Å². The maximum absolute atomic E-state index is 11.1. The van der Waals surface area contributed by atoms with E-state index in [1.807, 2.05) is 26.0 Å². The number of hydrogen-bond acceptors (Lipinski definition) is 4. The predicted octanol–water partition coefficient (Wildman–Crippen LogP) is 0.482. The Balaban J connectivity index is 2.31. The fraction of sp³-hybridized carbons (Fsp3) is 0.583. The first-order valence-corrected chi connectivity index (χ1v) is 5.85. The number of rotatable bonds is 3. The van der Waals surface area contributed by atoms with Crippen molar-refractivity contribution in [2.24, 2.45) is 7.05 Å². The molecule has 18 heavy (non-hydrogen) atoms. The van der Waals surface area contributed by atoms with Crippen molar-refractivity contribution in [1.82, 2.24) is 9.47 Å². The first kappa shape index (κ1) is 12.8. The van der Waals surface area contributed by atoms with E-state index in [9.17, 15) is 4.79 Å². The fourth-order valence-electron chi connectivity index (χ4n) is 2.41. The molecule has 6 heteroatoms. The molecule has 0 amide bonds. The Kier molecular flexibility index (Phi) is 3.21. The van der Waals surface area contributed by atoms with Crippen molar-refractivity contribution in [3.8, 4) is 5.75 Å². The van der Waals surface area contributed by atoms with Gasteiger partial charge in [0.25, 0.3) is 0 Å². The lowest BCUT2D eigenvalue weighted by Crippen LogP contribution is -2.43. The zero-order valence-electron chi connectivity index (χ0n) is 11.2. The molecule has 1 atom stereocenters. The second-order valence-corrected chi connectivity index (χ2v) is 4.96. The normalized spacial score (nSPS) is 18.7. The van der Waals surface area contributed by atoms with Crippen LogP contribution in [0.25, 0.3) is 0 Å². The van der Waals surface area contributed by atoms with E-state index in [-0.39, 0.29) is 11.8 Å². The number of nitrogens with zero attached hydrogens (tertiary/aromatic N) is 3. The molecular formula is C12H19N3O3. The zero-order valence-corrected chi connectivity index (χ0v) is 11.2. The summed E-state index contributed by atoms with van der Waals surface area (Å²) < 4.78 is 7.51. The fourth-order valence-corrected chi connectivity index (χ4v) is 2.41. The third kappa shape index (κ3) is 2.15. The van der Waals surface area contributed by atoms with E-state index in [4.69, 9.17) is 9.84 Å². The van der Waals surface area contributed by atoms with Crippen LogP contribution in [-0.2, 0) is 7.05 Å². The number of carboxylic acid groups (broad SMARTS) is 1. The van der Waals surface area contributed by atoms with E-state index >= 15 is 0 Å². The van der Waals surface area contributed by atoms with Crippen molar-refractivity contribution in [3.63, 3.8) is 0 Å². The minimum absolute atomic E-state index is 0.0570. The molecule has 0 bridgehead atoms. The summed E-state index contributed by atoms with van der Waals surface area (Å²) in [6, 6.07) is 1.59. The van der Waals surface area contributed by atoms with Gasteiger partial charge < -0.3 is 24.2 Å². The summed E-state index contributed by atoms with van der Waals surface area (Å²) in [6.07, 6.45) is 0.0570. The molecule has 1 aromatic rings. The lowest BCUT2D eigenvalue weighted by atomic mass is 10.2. The van der Waals surface area contributed by atoms with Crippen molar-refractivity contribution in [2.75, 3.05) is 39.1 Å². The highest BCUT2D eigenvalue weighted by atomic mass is 16.5. The van der Waals surface area contributed by atoms with E-state index in [2.05, 4.69) is 4.90 Å². The number of fused-ring (bicyclic) bond motifs is 1. The molecule has 0 spiro atoms. The smallest absolute Gasteiger partial charge is 0.352 e. The highest BCUT2D eigenvalue weighted by Crippen LogP contribution is 2.35. The second kappa shape index (κ2) is 4.53. The van der Waals surface area contributed by atoms with Gasteiger partial charge in [-0.05, 0) is 14.1 Å². The largest absolute Gasteiger partial charge is 0.483 e. The molecule has 1 N–H and O–H groups in total. The van der Waals surface area contributed by atoms with Crippen molar-refractivity contribution >= 4 is 11.8 Å². The Morgan fingerprint density at radius 3 is 2.78 bits per heavy atom. The maximum Gasteiger partial charge on any atom is 0.352 e. The first-order valence-electron chi connectivity index (χ1n) is 5.85. The molecule has 6 nitrogen and oxygen atoms in total. The lowest BCUT2D eigenvalue weighted by molar-refractivity contribution is 0.0686. The summed E-state index contributed by atoms with van der Waals surface area (Å²) in [6.45, 7) is 1.56. The summed E-state index contributed by atoms with van der Waals surface area (Å²) in [5.41, 5.74) is 0.248. The van der Waals surface area contributed by atoms with Gasteiger partial charge in [-0.1, -0.05) is 0 Å². The monoisotopic (exact) mass is 253 g/mol. The topological polar surface area (TPSA) is 57.9 Å². The van der Waals surface area contributed by atoms with Crippen LogP contribution in [0.3, 0.4) is 0 Å². The number of hydrogen-bond donors (Lipinski definition) is 1. The van der Waals surface area contributed by atoms with Gasteiger partial charge in [0.15, 0.2) is 11.6 Å². The summed E-state index contributed by atoms with van der Waals surface area (Å²) in [5.74, 6) is 0.533. The van der Waals surface area contributed by atoms with Crippen molar-refractivity contribution in [2.45, 2.75) is 6.10 Å². The van der Waals surface area contributed by atoms with Crippen LogP contribution in [0.5, 0.6) is 5.75 Å². The Hall–Kier alpha value is -1.69. The minimum atomic E-state index is -0.937. The van der Waals surface area contributed by atoms with Crippen LogP contribution >= 0.6 is 0 Å². The molecule has 1 unspecified atom stereocenters. The van der Waals surface area contributed by atoms with Crippen molar-refractivity contribution in [3.05, 3.63) is 11.8 Å². The van der Waals surface area contributed by atoms with Gasteiger partial charge >= 0.3 is 5.97 Å². The lowest BCUT2D eigenvalue weighted by Gasteiger charge is -2.33. The number of ether oxygens (including phenoxy) is 1. The van der Waals surface area contributed by atoms with E-state index in [0.717, 1.165) is 18.9 Å². The molecule has 0 aromatic carbocycles. The Labute approximate surface area is 106 Å². The molecule has 0 radical (unpaired) electrons. The average Bonchev–Trinajstić information content (AvgIpc) is 2.55. The zero-order chi connectivity index (χ0) is 13.4. The first-order chi connectivity index (χ1) is 8.40. The molecule has 0 fully saturated rings. The summed E-state index contributed by atoms with van der Waals surface area (Å²) in [5, 5.41) is 9.11. The predicted molar refractivity (Wildman–Crippen MR) is 68.6 cm³/mol. The molecule has 0 saturated heterocycles. The molecule has 100 valence electrons. The molecule has 2 rings (SSSR count). The van der Waals surface area contributed by atoms with Crippen molar-refractivity contribution < 1.29 is 14.6 Å². The molecule has 0 saturated carbocycles. The number of anilines is 1. The van der Waals surface area contributed by atoms with E-state index in [1.54, 1.807) is 17.7 Å². The van der Waals surface area contributed by atoms with Crippen molar-refractivity contribution in [1.29, 1.82) is 0 Å². The van der Waals surface area contributed by atoms with E-state index in [0.29, 0.717) is 5.75 Å². The highest BCUT2D eigenvalue weighted by Gasteiger charge is 2.29. The highest BCUT2D eigenvalue weighted by molar-refractivity contribution is 5.88. The van der Waals surface area contributed by atoms with Crippen LogP contribution in [0.15, 0.2) is 6.07 Å². The molecule has 1 aliphatic rings. The van der Waals surface area contributed by atoms with Gasteiger partial charge in [0.05, 0.1) is 6.54 Å². The third-order valence-electron chi connectivity index (χ3n) is 3.09. The Morgan fingerprint density at radius 1 is 1.56 bits per heavy atom. The van der Waals surface area contributed by atoms with Gasteiger partial charge in [-0.25, -0.2) is 4.79 Å². The van der Waals surface area contributed by atoms with Crippen LogP contribution in [0.2, 0.25) is 0 Å². The number of carboxylic acids is 1. The number of likely N-dealkylation sites (N-methyl/N-ethyl adjacent to an activating group) is 2. The molecular weight excluding hydrogens is 234 g/mol. The van der Waals surface area contributed by atoms with E-state index < -0.39 is 5.97 Å². The number of aromatic carboxylic acids is 1. The van der Waals surface area contributed by atoms with E-state index in [1.165, 1.54) is 0 Å². The van der Waals surface area contributed by atoms with Gasteiger partial charge in [0, 0.05) is 26.7 Å². The van der Waals surface area contributed by atoms with Crippen LogP contribution in [0.1, 0.15) is 10.5 Å². The average molecular weight is 253 g/mol. The summed E-state index contributed by atoms with van der Waals surface area (Å²) >= 11 is 0. The van der Waals surface area contributed by atoms with Gasteiger partial charge in [0.2, 0.25) is 0 Å². The molecule has 2 heterocycles. The molecule has 1 aromatic heterocycles. The quantitative estimate of drug-likeness (QED) is 0.849. The van der Waals surface area contributed by atoms with Crippen LogP contribution in [0.4, 0.5) is 5.82 Å². The number of aromatic nitrogens is 1. The third-order valence-corrected chi connectivity index (χ3v) is 3.09. The SMILES string of the molecule is CN(C)CC1CN(C)c2c(cc(C(=O)O)n2C)O1. The van der Waals surface area contributed by atoms with Crippen LogP contribution < -0.4 is 9.64 Å². The van der Waals surface area contributed by atoms with Gasteiger partial charge in [0.1, 0.15) is 11.8 Å². The summed E-state index contributed by atoms with van der Waals surface area (Å²) in [4.78, 5) is 15.2. The van der Waals surface area contributed by atoms with Gasteiger partial charge in [-0.2, -0.15) is 0 Å². The number of carbonyl (C=O) groups is 1. The van der Waals surface area contributed by atoms with Crippen LogP contribution in [0, 0.1) is 0 Å². The minimum Gasteiger partial charge on any atom is -0.483 e. The summed E-state index contributed by atoms with van der Waals surface area (Å²) in [7, 11) is 7.68. The molecule has 1 aliphatic heterocycles.